The molecule has 0 fully saturated rings. The van der Waals surface area contributed by atoms with Crippen LogP contribution in [0.1, 0.15) is 37.0 Å². The Labute approximate surface area is 95.1 Å². The minimum atomic E-state index is -0.255. The molecule has 0 aromatic carbocycles. The molecule has 1 amide bonds. The summed E-state index contributed by atoms with van der Waals surface area (Å²) in [6.45, 7) is 4.96. The Bertz CT molecular complexity index is 396. The second-order valence-corrected chi connectivity index (χ2v) is 4.23. The molecular formula is C12H18N2O2. The van der Waals surface area contributed by atoms with E-state index in [1.165, 1.54) is 12.3 Å². The predicted molar refractivity (Wildman–Crippen MR) is 63.5 cm³/mol. The van der Waals surface area contributed by atoms with Crippen molar-refractivity contribution in [3.05, 3.63) is 34.2 Å². The SMILES string of the molecule is CC(C)CCCNC(=O)c1cc[nH]c(=O)c1. The monoisotopic (exact) mass is 222 g/mol. The number of carbonyl (C=O) groups excluding carboxylic acids is 1. The van der Waals surface area contributed by atoms with Gasteiger partial charge in [0, 0.05) is 24.4 Å². The summed E-state index contributed by atoms with van der Waals surface area (Å²) in [4.78, 5) is 25.0. The van der Waals surface area contributed by atoms with Gasteiger partial charge in [0.1, 0.15) is 0 Å². The van der Waals surface area contributed by atoms with Crippen LogP contribution < -0.4 is 10.9 Å². The van der Waals surface area contributed by atoms with E-state index >= 15 is 0 Å². The van der Waals surface area contributed by atoms with E-state index in [0.717, 1.165) is 12.8 Å². The van der Waals surface area contributed by atoms with Gasteiger partial charge in [-0.25, -0.2) is 0 Å². The predicted octanol–water partition coefficient (Wildman–Crippen LogP) is 1.54. The number of H-pyrrole nitrogens is 1. The van der Waals surface area contributed by atoms with Crippen molar-refractivity contribution in [3.8, 4) is 0 Å². The summed E-state index contributed by atoms with van der Waals surface area (Å²) in [5.74, 6) is 0.464. The minimum absolute atomic E-state index is 0.185. The maximum atomic E-state index is 11.6. The van der Waals surface area contributed by atoms with Crippen molar-refractivity contribution in [2.45, 2.75) is 26.7 Å². The summed E-state index contributed by atoms with van der Waals surface area (Å²) in [7, 11) is 0. The average molecular weight is 222 g/mol. The Morgan fingerprint density at radius 3 is 2.88 bits per heavy atom. The Balaban J connectivity index is 2.38. The number of aromatic nitrogens is 1. The van der Waals surface area contributed by atoms with Gasteiger partial charge in [-0.2, -0.15) is 0 Å². The van der Waals surface area contributed by atoms with Crippen molar-refractivity contribution in [1.82, 2.24) is 10.3 Å². The topological polar surface area (TPSA) is 62.0 Å². The molecule has 0 spiro atoms. The first-order valence-electron chi connectivity index (χ1n) is 5.56. The standard InChI is InChI=1S/C12H18N2O2/c1-9(2)4-3-6-14-12(16)10-5-7-13-11(15)8-10/h5,7-9H,3-4,6H2,1-2H3,(H,13,15)(H,14,16). The van der Waals surface area contributed by atoms with E-state index in [-0.39, 0.29) is 11.5 Å². The molecule has 0 saturated heterocycles. The molecule has 0 unspecified atom stereocenters. The van der Waals surface area contributed by atoms with Crippen LogP contribution in [0.2, 0.25) is 0 Å². The van der Waals surface area contributed by atoms with Gasteiger partial charge in [0.15, 0.2) is 0 Å². The maximum Gasteiger partial charge on any atom is 0.251 e. The fraction of sp³-hybridized carbons (Fsp3) is 0.500. The number of hydrogen-bond donors (Lipinski definition) is 2. The van der Waals surface area contributed by atoms with Crippen LogP contribution in [0.4, 0.5) is 0 Å². The van der Waals surface area contributed by atoms with Crippen molar-refractivity contribution >= 4 is 5.91 Å². The molecule has 0 bridgehead atoms. The van der Waals surface area contributed by atoms with Crippen LogP contribution in [0.5, 0.6) is 0 Å². The van der Waals surface area contributed by atoms with Crippen LogP contribution in [0.25, 0.3) is 0 Å². The van der Waals surface area contributed by atoms with Gasteiger partial charge in [-0.1, -0.05) is 13.8 Å². The van der Waals surface area contributed by atoms with Gasteiger partial charge in [0.05, 0.1) is 0 Å². The molecule has 1 rings (SSSR count). The Morgan fingerprint density at radius 1 is 1.50 bits per heavy atom. The molecular weight excluding hydrogens is 204 g/mol. The fourth-order valence-corrected chi connectivity index (χ4v) is 1.40. The maximum absolute atomic E-state index is 11.6. The largest absolute Gasteiger partial charge is 0.352 e. The number of amides is 1. The quantitative estimate of drug-likeness (QED) is 0.742. The Kier molecular flexibility index (Phi) is 4.76. The minimum Gasteiger partial charge on any atom is -0.352 e. The van der Waals surface area contributed by atoms with Crippen molar-refractivity contribution in [1.29, 1.82) is 0 Å². The van der Waals surface area contributed by atoms with E-state index in [1.807, 2.05) is 0 Å². The summed E-state index contributed by atoms with van der Waals surface area (Å²) in [5, 5.41) is 2.79. The van der Waals surface area contributed by atoms with Crippen LogP contribution in [0.3, 0.4) is 0 Å². The summed E-state index contributed by atoms with van der Waals surface area (Å²) < 4.78 is 0. The summed E-state index contributed by atoms with van der Waals surface area (Å²) in [5.41, 5.74) is 0.156. The number of nitrogens with one attached hydrogen (secondary N) is 2. The molecule has 16 heavy (non-hydrogen) atoms. The van der Waals surface area contributed by atoms with E-state index in [9.17, 15) is 9.59 Å². The zero-order chi connectivity index (χ0) is 12.0. The highest BCUT2D eigenvalue weighted by molar-refractivity contribution is 5.93. The van der Waals surface area contributed by atoms with Crippen molar-refractivity contribution < 1.29 is 4.79 Å². The summed E-state index contributed by atoms with van der Waals surface area (Å²) in [6, 6.07) is 2.90. The lowest BCUT2D eigenvalue weighted by Gasteiger charge is -2.06. The van der Waals surface area contributed by atoms with Crippen LogP contribution in [0, 0.1) is 5.92 Å². The first-order chi connectivity index (χ1) is 7.59. The van der Waals surface area contributed by atoms with Crippen molar-refractivity contribution in [2.75, 3.05) is 6.54 Å². The first-order valence-corrected chi connectivity index (χ1v) is 5.56. The van der Waals surface area contributed by atoms with E-state index in [2.05, 4.69) is 24.1 Å². The zero-order valence-corrected chi connectivity index (χ0v) is 9.75. The zero-order valence-electron chi connectivity index (χ0n) is 9.75. The number of carbonyl (C=O) groups is 1. The molecule has 2 N–H and O–H groups in total. The number of pyridine rings is 1. The van der Waals surface area contributed by atoms with E-state index in [0.29, 0.717) is 18.0 Å². The normalized spacial score (nSPS) is 10.4. The highest BCUT2D eigenvalue weighted by Crippen LogP contribution is 2.02. The summed E-state index contributed by atoms with van der Waals surface area (Å²) in [6.07, 6.45) is 3.54. The van der Waals surface area contributed by atoms with Gasteiger partial charge in [-0.05, 0) is 24.8 Å². The number of hydrogen-bond acceptors (Lipinski definition) is 2. The number of rotatable bonds is 5. The molecule has 0 saturated carbocycles. The molecule has 0 aliphatic carbocycles. The summed E-state index contributed by atoms with van der Waals surface area (Å²) >= 11 is 0. The lowest BCUT2D eigenvalue weighted by atomic mass is 10.1. The molecule has 0 aliphatic heterocycles. The smallest absolute Gasteiger partial charge is 0.251 e. The van der Waals surface area contributed by atoms with Gasteiger partial charge in [-0.3, -0.25) is 9.59 Å². The van der Waals surface area contributed by atoms with E-state index < -0.39 is 0 Å². The highest BCUT2D eigenvalue weighted by atomic mass is 16.2. The molecule has 1 aromatic rings. The van der Waals surface area contributed by atoms with Crippen LogP contribution in [-0.4, -0.2) is 17.4 Å². The van der Waals surface area contributed by atoms with Crippen LogP contribution in [0.15, 0.2) is 23.1 Å². The third-order valence-electron chi connectivity index (χ3n) is 2.28. The van der Waals surface area contributed by atoms with Crippen molar-refractivity contribution in [3.63, 3.8) is 0 Å². The third kappa shape index (κ3) is 4.29. The van der Waals surface area contributed by atoms with E-state index in [4.69, 9.17) is 0 Å². The molecule has 4 heteroatoms. The van der Waals surface area contributed by atoms with Crippen LogP contribution >= 0.6 is 0 Å². The van der Waals surface area contributed by atoms with E-state index in [1.54, 1.807) is 6.07 Å². The molecule has 0 aliphatic rings. The van der Waals surface area contributed by atoms with Gasteiger partial charge in [0.2, 0.25) is 5.56 Å². The fourth-order valence-electron chi connectivity index (χ4n) is 1.40. The van der Waals surface area contributed by atoms with Gasteiger partial charge in [0.25, 0.3) is 5.91 Å². The molecule has 88 valence electrons. The average Bonchev–Trinajstić information content (AvgIpc) is 2.24. The lowest BCUT2D eigenvalue weighted by molar-refractivity contribution is 0.0952. The molecule has 0 radical (unpaired) electrons. The molecule has 0 atom stereocenters. The molecule has 4 nitrogen and oxygen atoms in total. The first kappa shape index (κ1) is 12.5. The Hall–Kier alpha value is -1.58. The Morgan fingerprint density at radius 2 is 2.25 bits per heavy atom. The van der Waals surface area contributed by atoms with Gasteiger partial charge < -0.3 is 10.3 Å². The lowest BCUT2D eigenvalue weighted by Crippen LogP contribution is -2.25. The van der Waals surface area contributed by atoms with Gasteiger partial charge >= 0.3 is 0 Å². The second kappa shape index (κ2) is 6.10. The number of aromatic amines is 1. The second-order valence-electron chi connectivity index (χ2n) is 4.23. The third-order valence-corrected chi connectivity index (χ3v) is 2.28. The van der Waals surface area contributed by atoms with Crippen LogP contribution in [-0.2, 0) is 0 Å². The highest BCUT2D eigenvalue weighted by Gasteiger charge is 2.04. The molecule has 1 aromatic heterocycles. The van der Waals surface area contributed by atoms with Gasteiger partial charge in [-0.15, -0.1) is 0 Å². The van der Waals surface area contributed by atoms with Crippen molar-refractivity contribution in [2.24, 2.45) is 5.92 Å². The molecule has 1 heterocycles.